The molecule has 17 heavy (non-hydrogen) atoms. The fourth-order valence-corrected chi connectivity index (χ4v) is 1.74. The normalized spacial score (nSPS) is 12.9. The van der Waals surface area contributed by atoms with Gasteiger partial charge in [0.05, 0.1) is 13.2 Å². The molecular weight excluding hydrogens is 221 g/mol. The molecule has 1 atom stereocenters. The predicted molar refractivity (Wildman–Crippen MR) is 65.9 cm³/mol. The quantitative estimate of drug-likeness (QED) is 0.830. The minimum Gasteiger partial charge on any atom is -0.493 e. The van der Waals surface area contributed by atoms with Crippen molar-refractivity contribution in [1.29, 1.82) is 0 Å². The van der Waals surface area contributed by atoms with Gasteiger partial charge < -0.3 is 15.2 Å². The smallest absolute Gasteiger partial charge is 0.165 e. The number of likely N-dealkylation sites (N-methyl/N-ethyl adjacent to an activating group) is 1. The SMILES string of the molecule is CNCC(O)c1cc(C(C)C)cc(F)c1OC. The third kappa shape index (κ3) is 3.17. The molecule has 3 nitrogen and oxygen atoms in total. The van der Waals surface area contributed by atoms with Crippen molar-refractivity contribution in [3.05, 3.63) is 29.1 Å². The third-order valence-corrected chi connectivity index (χ3v) is 2.72. The fourth-order valence-electron chi connectivity index (χ4n) is 1.74. The van der Waals surface area contributed by atoms with Gasteiger partial charge in [0, 0.05) is 12.1 Å². The summed E-state index contributed by atoms with van der Waals surface area (Å²) in [4.78, 5) is 0. The lowest BCUT2D eigenvalue weighted by atomic mass is 9.97. The van der Waals surface area contributed by atoms with Crippen molar-refractivity contribution in [3.8, 4) is 5.75 Å². The largest absolute Gasteiger partial charge is 0.493 e. The van der Waals surface area contributed by atoms with Gasteiger partial charge in [-0.1, -0.05) is 13.8 Å². The van der Waals surface area contributed by atoms with Crippen LogP contribution in [0.15, 0.2) is 12.1 Å². The molecule has 4 heteroatoms. The van der Waals surface area contributed by atoms with Gasteiger partial charge in [0.25, 0.3) is 0 Å². The number of aliphatic hydroxyl groups excluding tert-OH is 1. The topological polar surface area (TPSA) is 41.5 Å². The van der Waals surface area contributed by atoms with Crippen LogP contribution in [0.2, 0.25) is 0 Å². The molecule has 0 amide bonds. The minimum absolute atomic E-state index is 0.122. The second kappa shape index (κ2) is 5.98. The molecule has 96 valence electrons. The standard InChI is InChI=1S/C13H20FNO2/c1-8(2)9-5-10(12(16)7-15-3)13(17-4)11(14)6-9/h5-6,8,12,15-16H,7H2,1-4H3. The van der Waals surface area contributed by atoms with Crippen molar-refractivity contribution >= 4 is 0 Å². The molecule has 0 spiro atoms. The van der Waals surface area contributed by atoms with Crippen LogP contribution in [0.1, 0.15) is 37.0 Å². The average Bonchev–Trinajstić information content (AvgIpc) is 2.28. The zero-order valence-corrected chi connectivity index (χ0v) is 10.7. The zero-order chi connectivity index (χ0) is 13.0. The zero-order valence-electron chi connectivity index (χ0n) is 10.7. The van der Waals surface area contributed by atoms with Gasteiger partial charge in [-0.3, -0.25) is 0 Å². The molecule has 0 saturated carbocycles. The number of methoxy groups -OCH3 is 1. The molecule has 0 bridgehead atoms. The summed E-state index contributed by atoms with van der Waals surface area (Å²) in [5.74, 6) is -0.100. The van der Waals surface area contributed by atoms with E-state index in [1.54, 1.807) is 13.1 Å². The Bertz CT molecular complexity index is 380. The first kappa shape index (κ1) is 13.9. The molecule has 1 rings (SSSR count). The first-order chi connectivity index (χ1) is 8.01. The molecule has 0 aromatic heterocycles. The summed E-state index contributed by atoms with van der Waals surface area (Å²) in [6, 6.07) is 3.26. The monoisotopic (exact) mass is 241 g/mol. The second-order valence-electron chi connectivity index (χ2n) is 4.35. The molecule has 0 fully saturated rings. The summed E-state index contributed by atoms with van der Waals surface area (Å²) in [6.45, 7) is 4.32. The Morgan fingerprint density at radius 1 is 1.41 bits per heavy atom. The summed E-state index contributed by atoms with van der Waals surface area (Å²) in [5, 5.41) is 12.8. The second-order valence-corrected chi connectivity index (χ2v) is 4.35. The summed E-state index contributed by atoms with van der Waals surface area (Å²) in [6.07, 6.45) is -0.775. The van der Waals surface area contributed by atoms with Crippen molar-refractivity contribution < 1.29 is 14.2 Å². The lowest BCUT2D eigenvalue weighted by Crippen LogP contribution is -2.18. The van der Waals surface area contributed by atoms with Crippen LogP contribution in [-0.2, 0) is 0 Å². The maximum Gasteiger partial charge on any atom is 0.165 e. The number of halogens is 1. The number of nitrogens with one attached hydrogen (secondary N) is 1. The van der Waals surface area contributed by atoms with E-state index in [0.29, 0.717) is 12.1 Å². The number of aliphatic hydroxyl groups is 1. The first-order valence-corrected chi connectivity index (χ1v) is 5.71. The van der Waals surface area contributed by atoms with Gasteiger partial charge in [0.2, 0.25) is 0 Å². The Labute approximate surface area is 102 Å². The molecule has 1 aromatic carbocycles. The van der Waals surface area contributed by atoms with E-state index >= 15 is 0 Å². The summed E-state index contributed by atoms with van der Waals surface area (Å²) in [5.41, 5.74) is 1.35. The molecule has 0 aliphatic carbocycles. The Balaban J connectivity index is 3.23. The highest BCUT2D eigenvalue weighted by Gasteiger charge is 2.18. The van der Waals surface area contributed by atoms with Crippen molar-refractivity contribution in [3.63, 3.8) is 0 Å². The highest BCUT2D eigenvalue weighted by Crippen LogP contribution is 2.31. The van der Waals surface area contributed by atoms with Crippen LogP contribution in [0.5, 0.6) is 5.75 Å². The molecule has 2 N–H and O–H groups in total. The van der Waals surface area contributed by atoms with E-state index in [1.165, 1.54) is 13.2 Å². The molecule has 0 heterocycles. The third-order valence-electron chi connectivity index (χ3n) is 2.72. The van der Waals surface area contributed by atoms with Crippen molar-refractivity contribution in [2.24, 2.45) is 0 Å². The van der Waals surface area contributed by atoms with E-state index in [1.807, 2.05) is 13.8 Å². The van der Waals surface area contributed by atoms with Gasteiger partial charge in [-0.2, -0.15) is 0 Å². The van der Waals surface area contributed by atoms with Crippen LogP contribution in [0, 0.1) is 5.82 Å². The van der Waals surface area contributed by atoms with Gasteiger partial charge in [-0.15, -0.1) is 0 Å². The molecule has 0 radical (unpaired) electrons. The van der Waals surface area contributed by atoms with Crippen LogP contribution < -0.4 is 10.1 Å². The molecule has 0 saturated heterocycles. The number of ether oxygens (including phenoxy) is 1. The number of hydrogen-bond acceptors (Lipinski definition) is 3. The highest BCUT2D eigenvalue weighted by atomic mass is 19.1. The average molecular weight is 241 g/mol. The van der Waals surface area contributed by atoms with Crippen LogP contribution in [0.4, 0.5) is 4.39 Å². The molecule has 1 unspecified atom stereocenters. The predicted octanol–water partition coefficient (Wildman–Crippen LogP) is 2.21. The van der Waals surface area contributed by atoms with Crippen molar-refractivity contribution in [2.45, 2.75) is 25.9 Å². The molecule has 1 aromatic rings. The summed E-state index contributed by atoms with van der Waals surface area (Å²) < 4.78 is 18.8. The van der Waals surface area contributed by atoms with Crippen molar-refractivity contribution in [1.82, 2.24) is 5.32 Å². The van der Waals surface area contributed by atoms with E-state index in [2.05, 4.69) is 5.32 Å². The maximum atomic E-state index is 13.8. The van der Waals surface area contributed by atoms with E-state index < -0.39 is 11.9 Å². The Kier molecular flexibility index (Phi) is 4.90. The van der Waals surface area contributed by atoms with Gasteiger partial charge in [0.1, 0.15) is 0 Å². The fraction of sp³-hybridized carbons (Fsp3) is 0.538. The minimum atomic E-state index is -0.775. The van der Waals surface area contributed by atoms with Crippen LogP contribution in [0.3, 0.4) is 0 Å². The van der Waals surface area contributed by atoms with Gasteiger partial charge in [-0.25, -0.2) is 4.39 Å². The van der Waals surface area contributed by atoms with Gasteiger partial charge >= 0.3 is 0 Å². The van der Waals surface area contributed by atoms with Crippen LogP contribution >= 0.6 is 0 Å². The van der Waals surface area contributed by atoms with Crippen LogP contribution in [-0.4, -0.2) is 25.8 Å². The summed E-state index contributed by atoms with van der Waals surface area (Å²) >= 11 is 0. The van der Waals surface area contributed by atoms with E-state index in [9.17, 15) is 9.50 Å². The van der Waals surface area contributed by atoms with Gasteiger partial charge in [-0.05, 0) is 30.7 Å². The molecular formula is C13H20FNO2. The lowest BCUT2D eigenvalue weighted by Gasteiger charge is -2.18. The van der Waals surface area contributed by atoms with E-state index in [0.717, 1.165) is 5.56 Å². The van der Waals surface area contributed by atoms with E-state index in [-0.39, 0.29) is 11.7 Å². The Morgan fingerprint density at radius 3 is 2.53 bits per heavy atom. The van der Waals surface area contributed by atoms with Gasteiger partial charge in [0.15, 0.2) is 11.6 Å². The van der Waals surface area contributed by atoms with Crippen molar-refractivity contribution in [2.75, 3.05) is 20.7 Å². The Morgan fingerprint density at radius 2 is 2.06 bits per heavy atom. The maximum absolute atomic E-state index is 13.8. The van der Waals surface area contributed by atoms with Crippen LogP contribution in [0.25, 0.3) is 0 Å². The lowest BCUT2D eigenvalue weighted by molar-refractivity contribution is 0.172. The molecule has 0 aliphatic heterocycles. The first-order valence-electron chi connectivity index (χ1n) is 5.71. The highest BCUT2D eigenvalue weighted by molar-refractivity contribution is 5.41. The summed E-state index contributed by atoms with van der Waals surface area (Å²) in [7, 11) is 3.14. The Hall–Kier alpha value is -1.13. The van der Waals surface area contributed by atoms with E-state index in [4.69, 9.17) is 4.74 Å². The molecule has 0 aliphatic rings. The number of rotatable bonds is 5. The number of hydrogen-bond donors (Lipinski definition) is 2. The number of benzene rings is 1.